The molecular formula is C14H15NO. The van der Waals surface area contributed by atoms with Crippen molar-refractivity contribution >= 4 is 17.2 Å². The van der Waals surface area contributed by atoms with Gasteiger partial charge >= 0.3 is 0 Å². The Hall–Kier alpha value is -1.57. The summed E-state index contributed by atoms with van der Waals surface area (Å²) in [5, 5.41) is 1.12. The van der Waals surface area contributed by atoms with Crippen molar-refractivity contribution in [3.05, 3.63) is 35.5 Å². The molecule has 2 heteroatoms. The average molecular weight is 213 g/mol. The van der Waals surface area contributed by atoms with Crippen LogP contribution in [0.25, 0.3) is 10.9 Å². The van der Waals surface area contributed by atoms with E-state index in [2.05, 4.69) is 22.8 Å². The first-order valence-electron chi connectivity index (χ1n) is 5.97. The molecule has 2 heterocycles. The van der Waals surface area contributed by atoms with Crippen molar-refractivity contribution in [2.24, 2.45) is 0 Å². The van der Waals surface area contributed by atoms with Crippen molar-refractivity contribution in [2.45, 2.75) is 32.2 Å². The minimum Gasteiger partial charge on any atom is -0.344 e. The summed E-state index contributed by atoms with van der Waals surface area (Å²) in [5.41, 5.74) is 3.38. The van der Waals surface area contributed by atoms with Gasteiger partial charge in [0, 0.05) is 28.7 Å². The number of aldehydes is 1. The summed E-state index contributed by atoms with van der Waals surface area (Å²) in [4.78, 5) is 11.3. The zero-order valence-corrected chi connectivity index (χ0v) is 9.28. The number of rotatable bonds is 1. The van der Waals surface area contributed by atoms with Crippen LogP contribution < -0.4 is 0 Å². The molecule has 0 saturated heterocycles. The molecule has 2 aromatic rings. The lowest BCUT2D eigenvalue weighted by atomic mass is 10.1. The highest BCUT2D eigenvalue weighted by Crippen LogP contribution is 2.28. The van der Waals surface area contributed by atoms with Crippen LogP contribution in [-0.4, -0.2) is 10.9 Å². The monoisotopic (exact) mass is 213 g/mol. The van der Waals surface area contributed by atoms with Crippen molar-refractivity contribution in [3.8, 4) is 0 Å². The Balaban J connectivity index is 2.35. The number of carbonyl (C=O) groups is 1. The van der Waals surface area contributed by atoms with Gasteiger partial charge in [0.05, 0.1) is 0 Å². The van der Waals surface area contributed by atoms with Crippen LogP contribution in [0.15, 0.2) is 24.3 Å². The molecule has 3 rings (SSSR count). The van der Waals surface area contributed by atoms with Crippen LogP contribution in [0, 0.1) is 0 Å². The Bertz CT molecular complexity index is 539. The number of aromatic nitrogens is 1. The van der Waals surface area contributed by atoms with Gasteiger partial charge in [-0.2, -0.15) is 0 Å². The van der Waals surface area contributed by atoms with Crippen LogP contribution in [0.4, 0.5) is 0 Å². The molecule has 0 bridgehead atoms. The second-order valence-corrected chi connectivity index (χ2v) is 4.46. The van der Waals surface area contributed by atoms with Crippen LogP contribution in [0.2, 0.25) is 0 Å². The Morgan fingerprint density at radius 3 is 2.88 bits per heavy atom. The van der Waals surface area contributed by atoms with E-state index < -0.39 is 0 Å². The zero-order valence-electron chi connectivity index (χ0n) is 9.28. The summed E-state index contributed by atoms with van der Waals surface area (Å²) in [6.45, 7) is 1.06. The third-order valence-corrected chi connectivity index (χ3v) is 3.53. The SMILES string of the molecule is O=Cc1c2n(c3ccccc13)CCCCC2. The highest BCUT2D eigenvalue weighted by Gasteiger charge is 2.17. The van der Waals surface area contributed by atoms with E-state index in [9.17, 15) is 4.79 Å². The fraction of sp³-hybridized carbons (Fsp3) is 0.357. The molecule has 0 amide bonds. The second kappa shape index (κ2) is 3.78. The molecule has 0 spiro atoms. The van der Waals surface area contributed by atoms with Crippen LogP contribution in [0.3, 0.4) is 0 Å². The van der Waals surface area contributed by atoms with Gasteiger partial charge in [0.2, 0.25) is 0 Å². The molecule has 1 aromatic carbocycles. The summed E-state index contributed by atoms with van der Waals surface area (Å²) >= 11 is 0. The fourth-order valence-corrected chi connectivity index (χ4v) is 2.78. The topological polar surface area (TPSA) is 22.0 Å². The quantitative estimate of drug-likeness (QED) is 0.667. The second-order valence-electron chi connectivity index (χ2n) is 4.46. The van der Waals surface area contributed by atoms with E-state index in [4.69, 9.17) is 0 Å². The third kappa shape index (κ3) is 1.29. The molecule has 1 aromatic heterocycles. The van der Waals surface area contributed by atoms with E-state index in [1.807, 2.05) is 6.07 Å². The van der Waals surface area contributed by atoms with E-state index in [1.165, 1.54) is 30.5 Å². The van der Waals surface area contributed by atoms with Gasteiger partial charge in [-0.05, 0) is 25.3 Å². The molecule has 16 heavy (non-hydrogen) atoms. The zero-order chi connectivity index (χ0) is 11.0. The largest absolute Gasteiger partial charge is 0.344 e. The Morgan fingerprint density at radius 2 is 2.00 bits per heavy atom. The van der Waals surface area contributed by atoms with Gasteiger partial charge in [0.15, 0.2) is 6.29 Å². The van der Waals surface area contributed by atoms with Gasteiger partial charge in [-0.3, -0.25) is 4.79 Å². The highest BCUT2D eigenvalue weighted by atomic mass is 16.1. The van der Waals surface area contributed by atoms with Gasteiger partial charge < -0.3 is 4.57 Å². The Morgan fingerprint density at radius 1 is 1.12 bits per heavy atom. The van der Waals surface area contributed by atoms with E-state index in [0.29, 0.717) is 0 Å². The first-order valence-corrected chi connectivity index (χ1v) is 5.97. The molecule has 82 valence electrons. The maximum Gasteiger partial charge on any atom is 0.152 e. The standard InChI is InChI=1S/C14H15NO/c16-10-12-11-6-3-4-8-13(11)15-9-5-1-2-7-14(12)15/h3-4,6,8,10H,1-2,5,7,9H2. The average Bonchev–Trinajstić information content (AvgIpc) is 2.49. The third-order valence-electron chi connectivity index (χ3n) is 3.53. The van der Waals surface area contributed by atoms with E-state index >= 15 is 0 Å². The van der Waals surface area contributed by atoms with E-state index in [-0.39, 0.29) is 0 Å². The molecule has 0 fully saturated rings. The van der Waals surface area contributed by atoms with Crippen LogP contribution >= 0.6 is 0 Å². The lowest BCUT2D eigenvalue weighted by Gasteiger charge is -2.05. The van der Waals surface area contributed by atoms with Gasteiger partial charge in [-0.1, -0.05) is 24.6 Å². The molecule has 0 saturated carbocycles. The van der Waals surface area contributed by atoms with Crippen molar-refractivity contribution in [2.75, 3.05) is 0 Å². The van der Waals surface area contributed by atoms with E-state index in [1.54, 1.807) is 0 Å². The first-order chi connectivity index (χ1) is 7.92. The molecule has 1 aliphatic rings. The van der Waals surface area contributed by atoms with Crippen molar-refractivity contribution in [3.63, 3.8) is 0 Å². The molecule has 0 radical (unpaired) electrons. The van der Waals surface area contributed by atoms with Gasteiger partial charge in [0.1, 0.15) is 0 Å². The highest BCUT2D eigenvalue weighted by molar-refractivity contribution is 5.99. The Kier molecular flexibility index (Phi) is 2.28. The van der Waals surface area contributed by atoms with Gasteiger partial charge in [0.25, 0.3) is 0 Å². The van der Waals surface area contributed by atoms with Crippen molar-refractivity contribution < 1.29 is 4.79 Å². The summed E-state index contributed by atoms with van der Waals surface area (Å²) in [6.07, 6.45) is 5.78. The summed E-state index contributed by atoms with van der Waals surface area (Å²) in [7, 11) is 0. The lowest BCUT2D eigenvalue weighted by molar-refractivity contribution is 0.112. The number of aryl methyl sites for hydroxylation is 1. The van der Waals surface area contributed by atoms with Gasteiger partial charge in [-0.25, -0.2) is 0 Å². The molecular weight excluding hydrogens is 198 g/mol. The summed E-state index contributed by atoms with van der Waals surface area (Å²) < 4.78 is 2.34. The van der Waals surface area contributed by atoms with E-state index in [0.717, 1.165) is 30.2 Å². The van der Waals surface area contributed by atoms with Gasteiger partial charge in [-0.15, -0.1) is 0 Å². The fourth-order valence-electron chi connectivity index (χ4n) is 2.78. The van der Waals surface area contributed by atoms with Crippen molar-refractivity contribution in [1.29, 1.82) is 0 Å². The molecule has 0 atom stereocenters. The van der Waals surface area contributed by atoms with Crippen LogP contribution in [0.5, 0.6) is 0 Å². The maximum atomic E-state index is 11.3. The van der Waals surface area contributed by atoms with Crippen LogP contribution in [0.1, 0.15) is 35.3 Å². The number of fused-ring (bicyclic) bond motifs is 3. The maximum absolute atomic E-state index is 11.3. The minimum absolute atomic E-state index is 0.914. The number of benzene rings is 1. The normalized spacial score (nSPS) is 15.8. The van der Waals surface area contributed by atoms with Crippen LogP contribution in [-0.2, 0) is 13.0 Å². The number of nitrogens with zero attached hydrogens (tertiary/aromatic N) is 1. The molecule has 2 nitrogen and oxygen atoms in total. The Labute approximate surface area is 94.9 Å². The molecule has 0 aliphatic carbocycles. The molecule has 1 aliphatic heterocycles. The first kappa shape index (κ1) is 9.64. The predicted octanol–water partition coefficient (Wildman–Crippen LogP) is 3.18. The smallest absolute Gasteiger partial charge is 0.152 e. The number of carbonyl (C=O) groups excluding carboxylic acids is 1. The number of hydrogen-bond acceptors (Lipinski definition) is 1. The van der Waals surface area contributed by atoms with Crippen molar-refractivity contribution in [1.82, 2.24) is 4.57 Å². The lowest BCUT2D eigenvalue weighted by Crippen LogP contribution is -2.00. The summed E-state index contributed by atoms with van der Waals surface area (Å²) in [6, 6.07) is 8.24. The number of hydrogen-bond donors (Lipinski definition) is 0. The predicted molar refractivity (Wildman–Crippen MR) is 64.9 cm³/mol. The molecule has 0 unspecified atom stereocenters. The molecule has 0 N–H and O–H groups in total. The minimum atomic E-state index is 0.914. The summed E-state index contributed by atoms with van der Waals surface area (Å²) in [5.74, 6) is 0. The number of para-hydroxylation sites is 1.